The molecular formula is C29H36O3. The van der Waals surface area contributed by atoms with E-state index in [2.05, 4.69) is 79.8 Å². The van der Waals surface area contributed by atoms with Crippen molar-refractivity contribution >= 4 is 5.97 Å². The van der Waals surface area contributed by atoms with E-state index in [9.17, 15) is 4.79 Å². The van der Waals surface area contributed by atoms with E-state index in [-0.39, 0.29) is 5.97 Å². The summed E-state index contributed by atoms with van der Waals surface area (Å²) in [6.07, 6.45) is 33.2. The van der Waals surface area contributed by atoms with Crippen LogP contribution in [0.1, 0.15) is 68.6 Å². The third kappa shape index (κ3) is 10.8. The number of fused-ring (bicyclic) bond motifs is 1. The van der Waals surface area contributed by atoms with E-state index in [1.165, 1.54) is 0 Å². The van der Waals surface area contributed by atoms with Gasteiger partial charge in [-0.15, -0.1) is 0 Å². The van der Waals surface area contributed by atoms with Crippen molar-refractivity contribution in [2.75, 3.05) is 0 Å². The molecule has 32 heavy (non-hydrogen) atoms. The van der Waals surface area contributed by atoms with Crippen molar-refractivity contribution in [3.05, 3.63) is 103 Å². The van der Waals surface area contributed by atoms with Gasteiger partial charge in [0.15, 0.2) is 0 Å². The Morgan fingerprint density at radius 1 is 0.688 bits per heavy atom. The minimum absolute atomic E-state index is 0.306. The Morgan fingerprint density at radius 2 is 1.19 bits per heavy atom. The first kappa shape index (κ1) is 25.2. The Bertz CT molecular complexity index is 840. The first-order valence-electron chi connectivity index (χ1n) is 11.7. The second-order valence-corrected chi connectivity index (χ2v) is 7.44. The summed E-state index contributed by atoms with van der Waals surface area (Å²) in [7, 11) is 0. The molecule has 0 radical (unpaired) electrons. The lowest BCUT2D eigenvalue weighted by Gasteiger charge is -2.25. The first-order chi connectivity index (χ1) is 15.8. The molecule has 2 rings (SSSR count). The molecule has 0 amide bonds. The maximum Gasteiger partial charge on any atom is 0.345 e. The third-order valence-electron chi connectivity index (χ3n) is 4.77. The average molecular weight is 433 g/mol. The molecule has 0 N–H and O–H groups in total. The highest BCUT2D eigenvalue weighted by Gasteiger charge is 2.26. The first-order valence-corrected chi connectivity index (χ1v) is 11.7. The van der Waals surface area contributed by atoms with E-state index >= 15 is 0 Å². The van der Waals surface area contributed by atoms with Crippen LogP contribution in [0.3, 0.4) is 0 Å². The minimum Gasteiger partial charge on any atom is -0.454 e. The van der Waals surface area contributed by atoms with Crippen LogP contribution in [-0.2, 0) is 4.74 Å². The molecule has 0 fully saturated rings. The van der Waals surface area contributed by atoms with Crippen LogP contribution in [0.2, 0.25) is 0 Å². The largest absolute Gasteiger partial charge is 0.454 e. The number of hydrogen-bond acceptors (Lipinski definition) is 3. The van der Waals surface area contributed by atoms with Gasteiger partial charge in [-0.25, -0.2) is 4.79 Å². The molecule has 0 aromatic heterocycles. The van der Waals surface area contributed by atoms with Gasteiger partial charge in [0.25, 0.3) is 0 Å². The molecular weight excluding hydrogens is 396 g/mol. The molecule has 3 heteroatoms. The molecule has 0 spiro atoms. The van der Waals surface area contributed by atoms with Crippen LogP contribution in [0.15, 0.2) is 97.2 Å². The van der Waals surface area contributed by atoms with Crippen LogP contribution >= 0.6 is 0 Å². The Labute approximate surface area is 193 Å². The van der Waals surface area contributed by atoms with Crippen LogP contribution in [0, 0.1) is 0 Å². The van der Waals surface area contributed by atoms with Crippen molar-refractivity contribution in [1.29, 1.82) is 0 Å². The zero-order valence-electron chi connectivity index (χ0n) is 19.2. The van der Waals surface area contributed by atoms with Gasteiger partial charge in [0, 0.05) is 6.42 Å². The monoisotopic (exact) mass is 432 g/mol. The molecule has 0 aliphatic carbocycles. The molecule has 3 nitrogen and oxygen atoms in total. The summed E-state index contributed by atoms with van der Waals surface area (Å²) in [5.41, 5.74) is 0.498. The van der Waals surface area contributed by atoms with Crippen LogP contribution in [-0.4, -0.2) is 12.3 Å². The fraction of sp³-hybridized carbons (Fsp3) is 0.345. The quantitative estimate of drug-likeness (QED) is 0.220. The molecule has 170 valence electrons. The van der Waals surface area contributed by atoms with Crippen LogP contribution in [0.4, 0.5) is 0 Å². The third-order valence-corrected chi connectivity index (χ3v) is 4.77. The zero-order chi connectivity index (χ0) is 22.7. The number of allylic oxidation sites excluding steroid dienone is 12. The molecule has 1 aliphatic rings. The highest BCUT2D eigenvalue weighted by atomic mass is 16.7. The van der Waals surface area contributed by atoms with Gasteiger partial charge in [-0.2, -0.15) is 0 Å². The Morgan fingerprint density at radius 3 is 1.75 bits per heavy atom. The van der Waals surface area contributed by atoms with Gasteiger partial charge >= 0.3 is 5.97 Å². The lowest BCUT2D eigenvalue weighted by atomic mass is 10.1. The zero-order valence-corrected chi connectivity index (χ0v) is 19.2. The molecule has 1 unspecified atom stereocenters. The fourth-order valence-electron chi connectivity index (χ4n) is 3.08. The second kappa shape index (κ2) is 16.6. The summed E-state index contributed by atoms with van der Waals surface area (Å²) in [5, 5.41) is 0. The maximum atomic E-state index is 12.0. The highest BCUT2D eigenvalue weighted by Crippen LogP contribution is 2.27. The molecule has 0 bridgehead atoms. The van der Waals surface area contributed by atoms with Gasteiger partial charge in [-0.1, -0.05) is 92.0 Å². The Kier molecular flexibility index (Phi) is 13.1. The number of carbonyl (C=O) groups excluding carboxylic acids is 1. The number of benzene rings is 1. The SMILES string of the molecule is CCC=CCC=CCC=CCC=CCC=CCC=CCCC1OC(=O)c2ccccc2O1. The smallest absolute Gasteiger partial charge is 0.345 e. The lowest BCUT2D eigenvalue weighted by molar-refractivity contribution is -0.0630. The molecule has 1 aromatic rings. The van der Waals surface area contributed by atoms with Gasteiger partial charge in [-0.05, 0) is 57.1 Å². The molecule has 1 aliphatic heterocycles. The van der Waals surface area contributed by atoms with Gasteiger partial charge in [-0.3, -0.25) is 0 Å². The number of para-hydroxylation sites is 1. The van der Waals surface area contributed by atoms with E-state index < -0.39 is 6.29 Å². The topological polar surface area (TPSA) is 35.5 Å². The standard InChI is InChI=1S/C29H36O3/c1-2-3-4-5-6-7-8-9-10-11-12-13-14-15-16-17-18-19-20-25-28-31-27-24-22-21-23-26(27)29(30)32-28/h3-4,6-7,9-10,12-13,15-16,18-19,21-24,28H,2,5,8,11,14,17,20,25H2,1H3. The van der Waals surface area contributed by atoms with Crippen LogP contribution < -0.4 is 4.74 Å². The predicted octanol–water partition coefficient (Wildman–Crippen LogP) is 8.04. The van der Waals surface area contributed by atoms with Gasteiger partial charge in [0.05, 0.1) is 0 Å². The van der Waals surface area contributed by atoms with Crippen molar-refractivity contribution in [2.45, 2.75) is 64.6 Å². The molecule has 1 aromatic carbocycles. The van der Waals surface area contributed by atoms with Crippen molar-refractivity contribution in [2.24, 2.45) is 0 Å². The van der Waals surface area contributed by atoms with Crippen molar-refractivity contribution in [1.82, 2.24) is 0 Å². The number of cyclic esters (lactones) is 1. The molecule has 1 heterocycles. The maximum absolute atomic E-state index is 12.0. The van der Waals surface area contributed by atoms with Gasteiger partial charge in [0.2, 0.25) is 6.29 Å². The van der Waals surface area contributed by atoms with Gasteiger partial charge in [0.1, 0.15) is 11.3 Å². The number of esters is 1. The van der Waals surface area contributed by atoms with E-state index in [0.717, 1.165) is 44.9 Å². The van der Waals surface area contributed by atoms with E-state index in [4.69, 9.17) is 9.47 Å². The van der Waals surface area contributed by atoms with Crippen LogP contribution in [0.5, 0.6) is 5.75 Å². The average Bonchev–Trinajstić information content (AvgIpc) is 2.80. The summed E-state index contributed by atoms with van der Waals surface area (Å²) in [6, 6.07) is 7.19. The van der Waals surface area contributed by atoms with Crippen LogP contribution in [0.25, 0.3) is 0 Å². The fourth-order valence-corrected chi connectivity index (χ4v) is 3.08. The summed E-state index contributed by atoms with van der Waals surface area (Å²) in [5.74, 6) is 0.302. The van der Waals surface area contributed by atoms with E-state index in [1.807, 2.05) is 6.07 Å². The number of ether oxygens (including phenoxy) is 2. The Hall–Kier alpha value is -3.07. The highest BCUT2D eigenvalue weighted by molar-refractivity contribution is 5.93. The Balaban J connectivity index is 1.48. The normalized spacial score (nSPS) is 16.8. The van der Waals surface area contributed by atoms with E-state index in [1.54, 1.807) is 18.2 Å². The summed E-state index contributed by atoms with van der Waals surface area (Å²) in [6.45, 7) is 2.15. The number of rotatable bonds is 14. The summed E-state index contributed by atoms with van der Waals surface area (Å²) >= 11 is 0. The number of carbonyl (C=O) groups is 1. The van der Waals surface area contributed by atoms with E-state index in [0.29, 0.717) is 17.7 Å². The summed E-state index contributed by atoms with van der Waals surface area (Å²) < 4.78 is 11.1. The predicted molar refractivity (Wildman–Crippen MR) is 134 cm³/mol. The minimum atomic E-state index is -0.504. The molecule has 0 saturated carbocycles. The van der Waals surface area contributed by atoms with Crippen molar-refractivity contribution in [3.8, 4) is 5.75 Å². The van der Waals surface area contributed by atoms with Crippen molar-refractivity contribution < 1.29 is 14.3 Å². The van der Waals surface area contributed by atoms with Gasteiger partial charge < -0.3 is 9.47 Å². The molecule has 0 saturated heterocycles. The van der Waals surface area contributed by atoms with Crippen molar-refractivity contribution in [3.63, 3.8) is 0 Å². The second-order valence-electron chi connectivity index (χ2n) is 7.44. The summed E-state index contributed by atoms with van der Waals surface area (Å²) in [4.78, 5) is 12.0. The lowest BCUT2D eigenvalue weighted by Crippen LogP contribution is -2.29. The number of hydrogen-bond donors (Lipinski definition) is 0. The molecule has 1 atom stereocenters.